The van der Waals surface area contributed by atoms with E-state index in [1.54, 1.807) is 12.1 Å². The average molecular weight is 243 g/mol. The molecule has 0 aromatic heterocycles. The van der Waals surface area contributed by atoms with Crippen molar-refractivity contribution in [1.29, 1.82) is 0 Å². The van der Waals surface area contributed by atoms with E-state index in [0.29, 0.717) is 5.56 Å². The smallest absolute Gasteiger partial charge is 0.405 e. The summed E-state index contributed by atoms with van der Waals surface area (Å²) in [4.78, 5) is 22.5. The van der Waals surface area contributed by atoms with E-state index in [2.05, 4.69) is 5.32 Å². The van der Waals surface area contributed by atoms with Gasteiger partial charge in [-0.25, -0.2) is 4.79 Å². The summed E-state index contributed by atoms with van der Waals surface area (Å²) in [6.45, 7) is 1.53. The van der Waals surface area contributed by atoms with Crippen molar-refractivity contribution >= 4 is 22.6 Å². The van der Waals surface area contributed by atoms with Gasteiger partial charge in [-0.3, -0.25) is 4.79 Å². The Morgan fingerprint density at radius 1 is 1.11 bits per heavy atom. The predicted molar refractivity (Wildman–Crippen MR) is 68.9 cm³/mol. The van der Waals surface area contributed by atoms with Gasteiger partial charge in [-0.1, -0.05) is 36.4 Å². The first-order valence-electron chi connectivity index (χ1n) is 5.60. The number of amides is 1. The molecule has 0 aliphatic carbocycles. The van der Waals surface area contributed by atoms with Gasteiger partial charge >= 0.3 is 6.09 Å². The fraction of sp³-hybridized carbons (Fsp3) is 0.143. The van der Waals surface area contributed by atoms with Crippen LogP contribution >= 0.6 is 0 Å². The molecule has 0 bridgehead atoms. The second-order valence-electron chi connectivity index (χ2n) is 4.10. The summed E-state index contributed by atoms with van der Waals surface area (Å²) in [5, 5.41) is 12.8. The van der Waals surface area contributed by atoms with Crippen LogP contribution in [0, 0.1) is 0 Å². The molecular weight excluding hydrogens is 230 g/mol. The Balaban J connectivity index is 2.30. The SMILES string of the molecule is C[C@H](NC(=O)O)C(=O)c1ccc2ccccc2c1. The van der Waals surface area contributed by atoms with Gasteiger partial charge in [0.05, 0.1) is 6.04 Å². The molecule has 0 saturated heterocycles. The second-order valence-corrected chi connectivity index (χ2v) is 4.10. The van der Waals surface area contributed by atoms with Crippen molar-refractivity contribution < 1.29 is 14.7 Å². The summed E-state index contributed by atoms with van der Waals surface area (Å²) in [5.74, 6) is -0.233. The molecule has 18 heavy (non-hydrogen) atoms. The number of hydrogen-bond acceptors (Lipinski definition) is 2. The molecule has 2 aromatic carbocycles. The third kappa shape index (κ3) is 2.48. The van der Waals surface area contributed by atoms with E-state index in [0.717, 1.165) is 10.8 Å². The summed E-state index contributed by atoms with van der Waals surface area (Å²) in [5.41, 5.74) is 0.509. The number of carbonyl (C=O) groups is 2. The van der Waals surface area contributed by atoms with Gasteiger partial charge in [-0.15, -0.1) is 0 Å². The zero-order valence-electron chi connectivity index (χ0n) is 9.88. The van der Waals surface area contributed by atoms with Crippen LogP contribution in [0.3, 0.4) is 0 Å². The highest BCUT2D eigenvalue weighted by atomic mass is 16.4. The number of Topliss-reactive ketones (excluding diaryl/α,β-unsaturated/α-hetero) is 1. The van der Waals surface area contributed by atoms with Crippen molar-refractivity contribution in [2.45, 2.75) is 13.0 Å². The van der Waals surface area contributed by atoms with Gasteiger partial charge in [0.15, 0.2) is 5.78 Å². The molecule has 0 spiro atoms. The first kappa shape index (κ1) is 12.1. The van der Waals surface area contributed by atoms with Crippen LogP contribution in [-0.4, -0.2) is 23.0 Å². The van der Waals surface area contributed by atoms with E-state index in [9.17, 15) is 9.59 Å². The molecule has 0 aliphatic rings. The first-order valence-corrected chi connectivity index (χ1v) is 5.60. The summed E-state index contributed by atoms with van der Waals surface area (Å²) in [6.07, 6.45) is -1.20. The predicted octanol–water partition coefficient (Wildman–Crippen LogP) is 2.68. The lowest BCUT2D eigenvalue weighted by Gasteiger charge is -2.10. The molecule has 4 nitrogen and oxygen atoms in total. The zero-order valence-corrected chi connectivity index (χ0v) is 9.88. The van der Waals surface area contributed by atoms with E-state index in [-0.39, 0.29) is 5.78 Å². The molecule has 4 heteroatoms. The molecule has 92 valence electrons. The molecule has 0 aliphatic heterocycles. The maximum atomic E-state index is 12.0. The Kier molecular flexibility index (Phi) is 3.28. The highest BCUT2D eigenvalue weighted by molar-refractivity contribution is 6.03. The Labute approximate surface area is 104 Å². The van der Waals surface area contributed by atoms with Crippen LogP contribution in [-0.2, 0) is 0 Å². The van der Waals surface area contributed by atoms with Gasteiger partial charge in [0.1, 0.15) is 0 Å². The third-order valence-electron chi connectivity index (χ3n) is 2.77. The van der Waals surface area contributed by atoms with Crippen molar-refractivity contribution in [3.05, 3.63) is 48.0 Å². The standard InChI is InChI=1S/C14H13NO3/c1-9(15-14(17)18)13(16)12-7-6-10-4-2-3-5-11(10)8-12/h2-9,15H,1H3,(H,17,18)/t9-/m0/s1. The highest BCUT2D eigenvalue weighted by Gasteiger charge is 2.16. The molecule has 2 rings (SSSR count). The number of benzene rings is 2. The third-order valence-corrected chi connectivity index (χ3v) is 2.77. The molecule has 0 fully saturated rings. The lowest BCUT2D eigenvalue weighted by atomic mass is 10.0. The summed E-state index contributed by atoms with van der Waals surface area (Å²) < 4.78 is 0. The van der Waals surface area contributed by atoms with Crippen molar-refractivity contribution in [3.63, 3.8) is 0 Å². The number of ketones is 1. The molecule has 1 amide bonds. The zero-order chi connectivity index (χ0) is 13.1. The molecule has 0 unspecified atom stereocenters. The summed E-state index contributed by atoms with van der Waals surface area (Å²) >= 11 is 0. The van der Waals surface area contributed by atoms with Crippen LogP contribution in [0.5, 0.6) is 0 Å². The van der Waals surface area contributed by atoms with Gasteiger partial charge in [0.2, 0.25) is 0 Å². The quantitative estimate of drug-likeness (QED) is 0.814. The molecule has 1 atom stereocenters. The number of carbonyl (C=O) groups excluding carboxylic acids is 1. The van der Waals surface area contributed by atoms with Gasteiger partial charge in [-0.2, -0.15) is 0 Å². The number of nitrogens with one attached hydrogen (secondary N) is 1. The first-order chi connectivity index (χ1) is 8.58. The van der Waals surface area contributed by atoms with Crippen molar-refractivity contribution in [2.24, 2.45) is 0 Å². The molecule has 0 heterocycles. The fourth-order valence-electron chi connectivity index (χ4n) is 1.84. The normalized spacial score (nSPS) is 12.1. The van der Waals surface area contributed by atoms with Crippen LogP contribution in [0.2, 0.25) is 0 Å². The second kappa shape index (κ2) is 4.87. The van der Waals surface area contributed by atoms with Crippen molar-refractivity contribution in [3.8, 4) is 0 Å². The Bertz CT molecular complexity index is 607. The number of fused-ring (bicyclic) bond motifs is 1. The molecular formula is C14H13NO3. The van der Waals surface area contributed by atoms with Crippen LogP contribution in [0.15, 0.2) is 42.5 Å². The summed E-state index contributed by atoms with van der Waals surface area (Å²) in [6, 6.07) is 12.3. The van der Waals surface area contributed by atoms with Crippen LogP contribution in [0.1, 0.15) is 17.3 Å². The topological polar surface area (TPSA) is 66.4 Å². The Morgan fingerprint density at radius 2 is 1.78 bits per heavy atom. The molecule has 2 N–H and O–H groups in total. The van der Waals surface area contributed by atoms with E-state index < -0.39 is 12.1 Å². The highest BCUT2D eigenvalue weighted by Crippen LogP contribution is 2.16. The van der Waals surface area contributed by atoms with E-state index in [4.69, 9.17) is 5.11 Å². The van der Waals surface area contributed by atoms with Crippen LogP contribution in [0.4, 0.5) is 4.79 Å². The maximum Gasteiger partial charge on any atom is 0.405 e. The van der Waals surface area contributed by atoms with E-state index in [1.807, 2.05) is 30.3 Å². The number of hydrogen-bond donors (Lipinski definition) is 2. The number of carboxylic acid groups (broad SMARTS) is 1. The largest absolute Gasteiger partial charge is 0.465 e. The Hall–Kier alpha value is -2.36. The number of rotatable bonds is 3. The van der Waals surface area contributed by atoms with Crippen LogP contribution < -0.4 is 5.32 Å². The van der Waals surface area contributed by atoms with Crippen molar-refractivity contribution in [2.75, 3.05) is 0 Å². The molecule has 0 saturated carbocycles. The molecule has 2 aromatic rings. The minimum atomic E-state index is -1.20. The Morgan fingerprint density at radius 3 is 2.44 bits per heavy atom. The monoisotopic (exact) mass is 243 g/mol. The molecule has 0 radical (unpaired) electrons. The van der Waals surface area contributed by atoms with Gasteiger partial charge in [0, 0.05) is 5.56 Å². The van der Waals surface area contributed by atoms with Crippen LogP contribution in [0.25, 0.3) is 10.8 Å². The van der Waals surface area contributed by atoms with Gasteiger partial charge < -0.3 is 10.4 Å². The van der Waals surface area contributed by atoms with Gasteiger partial charge in [-0.05, 0) is 23.8 Å². The summed E-state index contributed by atoms with van der Waals surface area (Å²) in [7, 11) is 0. The van der Waals surface area contributed by atoms with Gasteiger partial charge in [0.25, 0.3) is 0 Å². The average Bonchev–Trinajstić information content (AvgIpc) is 2.36. The fourth-order valence-corrected chi connectivity index (χ4v) is 1.84. The minimum absolute atomic E-state index is 0.233. The van der Waals surface area contributed by atoms with E-state index in [1.165, 1.54) is 6.92 Å². The lowest BCUT2D eigenvalue weighted by molar-refractivity contribution is 0.0945. The maximum absolute atomic E-state index is 12.0. The lowest BCUT2D eigenvalue weighted by Crippen LogP contribution is -2.37. The van der Waals surface area contributed by atoms with E-state index >= 15 is 0 Å². The van der Waals surface area contributed by atoms with Crippen molar-refractivity contribution in [1.82, 2.24) is 5.32 Å². The minimum Gasteiger partial charge on any atom is -0.465 e.